The van der Waals surface area contributed by atoms with E-state index in [1.54, 1.807) is 48.5 Å². The highest BCUT2D eigenvalue weighted by Crippen LogP contribution is 2.23. The van der Waals surface area contributed by atoms with Crippen molar-refractivity contribution < 1.29 is 19.2 Å². The third-order valence-corrected chi connectivity index (χ3v) is 5.76. The summed E-state index contributed by atoms with van der Waals surface area (Å²) in [6.07, 6.45) is 0.417. The molecule has 7 nitrogen and oxygen atoms in total. The molecule has 3 aromatic rings. The van der Waals surface area contributed by atoms with Gasteiger partial charge in [0.05, 0.1) is 28.4 Å². The van der Waals surface area contributed by atoms with Crippen molar-refractivity contribution in [2.45, 2.75) is 25.8 Å². The summed E-state index contributed by atoms with van der Waals surface area (Å²) in [5, 5.41) is 5.73. The van der Waals surface area contributed by atoms with E-state index in [9.17, 15) is 19.2 Å². The molecular formula is C27H25N3O4. The summed E-state index contributed by atoms with van der Waals surface area (Å²) in [5.41, 5.74) is 2.53. The molecule has 34 heavy (non-hydrogen) atoms. The van der Waals surface area contributed by atoms with Gasteiger partial charge in [-0.15, -0.1) is 0 Å². The average molecular weight is 456 g/mol. The summed E-state index contributed by atoms with van der Waals surface area (Å²) in [5.74, 6) is -1.27. The average Bonchev–Trinajstić information content (AvgIpc) is 3.10. The van der Waals surface area contributed by atoms with Gasteiger partial charge in [-0.3, -0.25) is 24.1 Å². The predicted molar refractivity (Wildman–Crippen MR) is 128 cm³/mol. The van der Waals surface area contributed by atoms with E-state index >= 15 is 0 Å². The fourth-order valence-corrected chi connectivity index (χ4v) is 3.94. The quantitative estimate of drug-likeness (QED) is 0.498. The molecule has 0 fully saturated rings. The number of fused-ring (bicyclic) bond motifs is 1. The molecule has 4 amide bonds. The number of para-hydroxylation sites is 1. The van der Waals surface area contributed by atoms with E-state index < -0.39 is 0 Å². The number of hydrogen-bond donors (Lipinski definition) is 2. The fraction of sp³-hybridized carbons (Fsp3) is 0.185. The molecule has 1 atom stereocenters. The van der Waals surface area contributed by atoms with Gasteiger partial charge in [0.2, 0.25) is 5.91 Å². The maximum atomic E-state index is 12.9. The second-order valence-corrected chi connectivity index (χ2v) is 8.11. The zero-order valence-corrected chi connectivity index (χ0v) is 18.8. The van der Waals surface area contributed by atoms with Gasteiger partial charge in [-0.05, 0) is 43.2 Å². The van der Waals surface area contributed by atoms with Gasteiger partial charge in [-0.25, -0.2) is 0 Å². The van der Waals surface area contributed by atoms with Crippen molar-refractivity contribution in [3.8, 4) is 0 Å². The van der Waals surface area contributed by atoms with Crippen LogP contribution in [-0.4, -0.2) is 35.1 Å². The molecule has 0 spiro atoms. The highest BCUT2D eigenvalue weighted by molar-refractivity contribution is 6.21. The summed E-state index contributed by atoms with van der Waals surface area (Å²) in [7, 11) is 0. The van der Waals surface area contributed by atoms with E-state index in [0.717, 1.165) is 5.56 Å². The van der Waals surface area contributed by atoms with E-state index in [1.807, 2.05) is 37.3 Å². The number of carbonyl (C=O) groups excluding carboxylic acids is 4. The molecule has 0 aliphatic carbocycles. The lowest BCUT2D eigenvalue weighted by Gasteiger charge is -2.17. The number of imide groups is 1. The molecule has 172 valence electrons. The van der Waals surface area contributed by atoms with Crippen molar-refractivity contribution in [3.63, 3.8) is 0 Å². The minimum absolute atomic E-state index is 0.101. The smallest absolute Gasteiger partial charge is 0.261 e. The molecule has 2 N–H and O–H groups in total. The summed E-state index contributed by atoms with van der Waals surface area (Å²) < 4.78 is 0. The molecule has 1 aliphatic heterocycles. The number of hydrogen-bond acceptors (Lipinski definition) is 4. The minimum Gasteiger partial charge on any atom is -0.345 e. The highest BCUT2D eigenvalue weighted by atomic mass is 16.2. The molecule has 1 aliphatic rings. The van der Waals surface area contributed by atoms with Gasteiger partial charge in [0, 0.05) is 13.0 Å². The van der Waals surface area contributed by atoms with Crippen LogP contribution >= 0.6 is 0 Å². The first-order valence-corrected chi connectivity index (χ1v) is 11.2. The Kier molecular flexibility index (Phi) is 6.82. The summed E-state index contributed by atoms with van der Waals surface area (Å²) >= 11 is 0. The molecule has 0 saturated carbocycles. The zero-order chi connectivity index (χ0) is 24.1. The molecule has 1 heterocycles. The van der Waals surface area contributed by atoms with Crippen LogP contribution in [0.1, 0.15) is 62.4 Å². The van der Waals surface area contributed by atoms with Crippen LogP contribution in [-0.2, 0) is 4.79 Å². The predicted octanol–water partition coefficient (Wildman–Crippen LogP) is 4.19. The first kappa shape index (κ1) is 22.9. The van der Waals surface area contributed by atoms with Crippen LogP contribution < -0.4 is 10.6 Å². The lowest BCUT2D eigenvalue weighted by atomic mass is 10.1. The SMILES string of the molecule is C[C@H](NC(=O)c1ccccc1NC(=O)CCCN1C(=O)c2ccccc2C1=O)c1ccccc1. The lowest BCUT2D eigenvalue weighted by Crippen LogP contribution is -2.31. The molecule has 0 bridgehead atoms. The summed E-state index contributed by atoms with van der Waals surface area (Å²) in [6, 6.07) is 22.9. The van der Waals surface area contributed by atoms with Crippen LogP contribution in [0.3, 0.4) is 0 Å². The standard InChI is InChI=1S/C27H25N3O4/c1-18(19-10-3-2-4-11-19)28-25(32)22-14-7-8-15-23(22)29-24(31)16-9-17-30-26(33)20-12-5-6-13-21(20)27(30)34/h2-8,10-15,18H,9,16-17H2,1H3,(H,28,32)(H,29,31)/t18-/m0/s1. The van der Waals surface area contributed by atoms with E-state index in [-0.39, 0.29) is 42.6 Å². The Balaban J connectivity index is 1.33. The van der Waals surface area contributed by atoms with Crippen molar-refractivity contribution in [2.75, 3.05) is 11.9 Å². The minimum atomic E-state index is -0.337. The normalized spacial score (nSPS) is 13.4. The molecule has 4 rings (SSSR count). The number of carbonyl (C=O) groups is 4. The number of benzene rings is 3. The van der Waals surface area contributed by atoms with E-state index in [0.29, 0.717) is 28.8 Å². The maximum absolute atomic E-state index is 12.9. The van der Waals surface area contributed by atoms with Crippen LogP contribution in [0.15, 0.2) is 78.9 Å². The Morgan fingerprint density at radius 1 is 0.824 bits per heavy atom. The van der Waals surface area contributed by atoms with Gasteiger partial charge in [-0.1, -0.05) is 54.6 Å². The largest absolute Gasteiger partial charge is 0.345 e. The Labute approximate surface area is 197 Å². The second kappa shape index (κ2) is 10.1. The van der Waals surface area contributed by atoms with Crippen LogP contribution in [0.5, 0.6) is 0 Å². The third-order valence-electron chi connectivity index (χ3n) is 5.76. The van der Waals surface area contributed by atoms with Gasteiger partial charge >= 0.3 is 0 Å². The first-order chi connectivity index (χ1) is 16.5. The highest BCUT2D eigenvalue weighted by Gasteiger charge is 2.34. The number of nitrogens with one attached hydrogen (secondary N) is 2. The Morgan fingerprint density at radius 2 is 1.41 bits per heavy atom. The van der Waals surface area contributed by atoms with Gasteiger partial charge < -0.3 is 10.6 Å². The van der Waals surface area contributed by atoms with Gasteiger partial charge in [0.1, 0.15) is 0 Å². The Morgan fingerprint density at radius 3 is 2.09 bits per heavy atom. The Hall–Kier alpha value is -4.26. The Bertz CT molecular complexity index is 1200. The van der Waals surface area contributed by atoms with Crippen molar-refractivity contribution in [1.82, 2.24) is 10.2 Å². The molecule has 0 aromatic heterocycles. The lowest BCUT2D eigenvalue weighted by molar-refractivity contribution is -0.116. The molecule has 3 aromatic carbocycles. The van der Waals surface area contributed by atoms with Crippen LogP contribution in [0.25, 0.3) is 0 Å². The fourth-order valence-electron chi connectivity index (χ4n) is 3.94. The number of amides is 4. The maximum Gasteiger partial charge on any atom is 0.261 e. The van der Waals surface area contributed by atoms with Crippen molar-refractivity contribution >= 4 is 29.3 Å². The van der Waals surface area contributed by atoms with Gasteiger partial charge in [-0.2, -0.15) is 0 Å². The monoisotopic (exact) mass is 455 g/mol. The van der Waals surface area contributed by atoms with Crippen molar-refractivity contribution in [3.05, 3.63) is 101 Å². The third kappa shape index (κ3) is 4.88. The zero-order valence-electron chi connectivity index (χ0n) is 18.8. The topological polar surface area (TPSA) is 95.6 Å². The molecular weight excluding hydrogens is 430 g/mol. The number of anilines is 1. The van der Waals surface area contributed by atoms with Gasteiger partial charge in [0.25, 0.3) is 17.7 Å². The second-order valence-electron chi connectivity index (χ2n) is 8.11. The number of nitrogens with zero attached hydrogens (tertiary/aromatic N) is 1. The van der Waals surface area contributed by atoms with E-state index in [2.05, 4.69) is 10.6 Å². The van der Waals surface area contributed by atoms with Gasteiger partial charge in [0.15, 0.2) is 0 Å². The summed E-state index contributed by atoms with van der Waals surface area (Å²) in [4.78, 5) is 51.5. The first-order valence-electron chi connectivity index (χ1n) is 11.2. The van der Waals surface area contributed by atoms with E-state index in [4.69, 9.17) is 0 Å². The van der Waals surface area contributed by atoms with Crippen LogP contribution in [0.4, 0.5) is 5.69 Å². The molecule has 0 radical (unpaired) electrons. The van der Waals surface area contributed by atoms with Crippen molar-refractivity contribution in [2.24, 2.45) is 0 Å². The van der Waals surface area contributed by atoms with E-state index in [1.165, 1.54) is 4.90 Å². The van der Waals surface area contributed by atoms with Crippen LogP contribution in [0.2, 0.25) is 0 Å². The van der Waals surface area contributed by atoms with Crippen LogP contribution in [0, 0.1) is 0 Å². The van der Waals surface area contributed by atoms with Crippen molar-refractivity contribution in [1.29, 1.82) is 0 Å². The summed E-state index contributed by atoms with van der Waals surface area (Å²) in [6.45, 7) is 2.05. The number of rotatable bonds is 8. The molecule has 7 heteroatoms. The molecule has 0 saturated heterocycles. The molecule has 0 unspecified atom stereocenters.